The van der Waals surface area contributed by atoms with E-state index in [1.807, 2.05) is 24.2 Å². The van der Waals surface area contributed by atoms with E-state index >= 15 is 0 Å². The number of amidine groups is 1. The van der Waals surface area contributed by atoms with Crippen LogP contribution in [0.25, 0.3) is 0 Å². The van der Waals surface area contributed by atoms with Crippen LogP contribution in [0.3, 0.4) is 0 Å². The lowest BCUT2D eigenvalue weighted by Crippen LogP contribution is -2.33. The summed E-state index contributed by atoms with van der Waals surface area (Å²) in [5.41, 5.74) is 3.07. The summed E-state index contributed by atoms with van der Waals surface area (Å²) in [6.07, 6.45) is 9.32. The molecule has 4 heteroatoms. The normalized spacial score (nSPS) is 21.4. The Morgan fingerprint density at radius 2 is 2.21 bits per heavy atom. The summed E-state index contributed by atoms with van der Waals surface area (Å²) in [5.74, 6) is 1.24. The Hall–Kier alpha value is -1.03. The zero-order valence-corrected chi connectivity index (χ0v) is 12.3. The van der Waals surface area contributed by atoms with Crippen LogP contribution in [0, 0.1) is 12.3 Å². The minimum absolute atomic E-state index is 0.528. The van der Waals surface area contributed by atoms with Gasteiger partial charge in [0, 0.05) is 31.2 Å². The predicted molar refractivity (Wildman–Crippen MR) is 81.5 cm³/mol. The van der Waals surface area contributed by atoms with Gasteiger partial charge in [-0.05, 0) is 42.4 Å². The van der Waals surface area contributed by atoms with Gasteiger partial charge >= 0.3 is 0 Å². The number of thioether (sulfide) groups is 1. The van der Waals surface area contributed by atoms with E-state index in [1.54, 1.807) is 0 Å². The summed E-state index contributed by atoms with van der Waals surface area (Å²) in [4.78, 5) is 8.94. The van der Waals surface area contributed by atoms with Crippen molar-refractivity contribution in [2.24, 2.45) is 10.4 Å². The van der Waals surface area contributed by atoms with E-state index in [2.05, 4.69) is 23.3 Å². The molecule has 0 unspecified atom stereocenters. The van der Waals surface area contributed by atoms with Crippen molar-refractivity contribution in [3.8, 4) is 0 Å². The second-order valence-electron chi connectivity index (χ2n) is 5.77. The fraction of sp³-hybridized carbons (Fsp3) is 0.600. The van der Waals surface area contributed by atoms with Gasteiger partial charge in [-0.25, -0.2) is 0 Å². The molecule has 1 aliphatic carbocycles. The van der Waals surface area contributed by atoms with Gasteiger partial charge in [-0.2, -0.15) is 0 Å². The second kappa shape index (κ2) is 5.53. The highest BCUT2D eigenvalue weighted by molar-refractivity contribution is 8.13. The summed E-state index contributed by atoms with van der Waals surface area (Å²) >= 11 is 1.90. The molecule has 3 rings (SSSR count). The molecule has 2 aliphatic rings. The van der Waals surface area contributed by atoms with Crippen LogP contribution in [-0.2, 0) is 6.54 Å². The van der Waals surface area contributed by atoms with Crippen molar-refractivity contribution >= 4 is 16.9 Å². The van der Waals surface area contributed by atoms with Crippen molar-refractivity contribution in [3.63, 3.8) is 0 Å². The van der Waals surface area contributed by atoms with E-state index in [0.717, 1.165) is 18.3 Å². The van der Waals surface area contributed by atoms with Crippen LogP contribution in [-0.4, -0.2) is 22.4 Å². The number of nitrogens with zero attached hydrogens (tertiary/aromatic N) is 2. The van der Waals surface area contributed by atoms with E-state index in [4.69, 9.17) is 4.99 Å². The maximum Gasteiger partial charge on any atom is 0.156 e. The molecule has 2 heterocycles. The SMILES string of the molecule is Cc1ccncc1CNC1=NCC2(CCCC2)CS1. The third-order valence-electron chi connectivity index (χ3n) is 4.31. The molecule has 19 heavy (non-hydrogen) atoms. The first-order valence-corrected chi connectivity index (χ1v) is 8.07. The van der Waals surface area contributed by atoms with Gasteiger partial charge in [-0.1, -0.05) is 24.6 Å². The summed E-state index contributed by atoms with van der Waals surface area (Å²) < 4.78 is 0. The molecule has 0 bridgehead atoms. The van der Waals surface area contributed by atoms with Gasteiger partial charge in [-0.3, -0.25) is 9.98 Å². The van der Waals surface area contributed by atoms with Gasteiger partial charge in [-0.15, -0.1) is 0 Å². The van der Waals surface area contributed by atoms with Crippen molar-refractivity contribution in [3.05, 3.63) is 29.6 Å². The second-order valence-corrected chi connectivity index (χ2v) is 6.74. The van der Waals surface area contributed by atoms with Crippen molar-refractivity contribution in [1.82, 2.24) is 10.3 Å². The maximum absolute atomic E-state index is 4.76. The van der Waals surface area contributed by atoms with E-state index in [-0.39, 0.29) is 0 Å². The van der Waals surface area contributed by atoms with E-state index in [9.17, 15) is 0 Å². The van der Waals surface area contributed by atoms with Gasteiger partial charge in [0.15, 0.2) is 5.17 Å². The topological polar surface area (TPSA) is 37.3 Å². The average molecular weight is 275 g/mol. The molecule has 0 saturated heterocycles. The van der Waals surface area contributed by atoms with Gasteiger partial charge in [0.1, 0.15) is 0 Å². The molecule has 1 fully saturated rings. The first-order chi connectivity index (χ1) is 9.27. The predicted octanol–water partition coefficient (Wildman–Crippen LogP) is 3.14. The van der Waals surface area contributed by atoms with Crippen LogP contribution in [0.15, 0.2) is 23.5 Å². The first-order valence-electron chi connectivity index (χ1n) is 7.08. The van der Waals surface area contributed by atoms with Crippen molar-refractivity contribution in [2.75, 3.05) is 12.3 Å². The first kappa shape index (κ1) is 13.0. The zero-order valence-electron chi connectivity index (χ0n) is 11.5. The highest BCUT2D eigenvalue weighted by Crippen LogP contribution is 2.43. The number of aromatic nitrogens is 1. The summed E-state index contributed by atoms with van der Waals surface area (Å²) in [7, 11) is 0. The Kier molecular flexibility index (Phi) is 3.78. The fourth-order valence-corrected chi connectivity index (χ4v) is 4.09. The third-order valence-corrected chi connectivity index (χ3v) is 5.62. The minimum atomic E-state index is 0.528. The standard InChI is InChI=1S/C15H21N3S/c1-12-4-7-16-8-13(12)9-17-14-18-10-15(11-19-14)5-2-3-6-15/h4,7-8H,2-3,5-6,9-11H2,1H3,(H,17,18). The van der Waals surface area contributed by atoms with Crippen LogP contribution >= 0.6 is 11.8 Å². The Morgan fingerprint density at radius 3 is 2.89 bits per heavy atom. The van der Waals surface area contributed by atoms with Crippen molar-refractivity contribution in [2.45, 2.75) is 39.2 Å². The third kappa shape index (κ3) is 2.94. The molecule has 1 saturated carbocycles. The van der Waals surface area contributed by atoms with Crippen LogP contribution in [0.4, 0.5) is 0 Å². The Bertz CT molecular complexity index is 478. The van der Waals surface area contributed by atoms with Gasteiger partial charge in [0.2, 0.25) is 0 Å². The van der Waals surface area contributed by atoms with Gasteiger partial charge in [0.05, 0.1) is 0 Å². The molecule has 0 atom stereocenters. The lowest BCUT2D eigenvalue weighted by atomic mass is 9.89. The molecule has 1 aliphatic heterocycles. The molecule has 0 radical (unpaired) electrons. The number of pyridine rings is 1. The van der Waals surface area contributed by atoms with Crippen LogP contribution in [0.2, 0.25) is 0 Å². The van der Waals surface area contributed by atoms with Gasteiger partial charge < -0.3 is 5.32 Å². The number of hydrogen-bond acceptors (Lipinski definition) is 4. The fourth-order valence-electron chi connectivity index (χ4n) is 2.94. The van der Waals surface area contributed by atoms with Crippen molar-refractivity contribution < 1.29 is 0 Å². The monoisotopic (exact) mass is 275 g/mol. The van der Waals surface area contributed by atoms with E-state index < -0.39 is 0 Å². The number of nitrogens with one attached hydrogen (secondary N) is 1. The van der Waals surface area contributed by atoms with Crippen LogP contribution < -0.4 is 5.32 Å². The average Bonchev–Trinajstić information content (AvgIpc) is 2.88. The summed E-state index contributed by atoms with van der Waals surface area (Å²) in [6.45, 7) is 3.98. The molecular formula is C15H21N3S. The highest BCUT2D eigenvalue weighted by Gasteiger charge is 2.36. The maximum atomic E-state index is 4.76. The largest absolute Gasteiger partial charge is 0.361 e. The van der Waals surface area contributed by atoms with Crippen LogP contribution in [0.1, 0.15) is 36.8 Å². The van der Waals surface area contributed by atoms with Gasteiger partial charge in [0.25, 0.3) is 0 Å². The van der Waals surface area contributed by atoms with Crippen LogP contribution in [0.5, 0.6) is 0 Å². The lowest BCUT2D eigenvalue weighted by Gasteiger charge is -2.31. The Balaban J connectivity index is 1.57. The molecule has 102 valence electrons. The Labute approximate surface area is 119 Å². The number of aryl methyl sites for hydroxylation is 1. The molecule has 1 aromatic heterocycles. The summed E-state index contributed by atoms with van der Waals surface area (Å²) in [6, 6.07) is 2.06. The van der Waals surface area contributed by atoms with E-state index in [1.165, 1.54) is 42.6 Å². The quantitative estimate of drug-likeness (QED) is 0.901. The molecule has 0 aromatic carbocycles. The molecule has 0 amide bonds. The zero-order chi connectivity index (χ0) is 13.1. The molecule has 1 N–H and O–H groups in total. The summed E-state index contributed by atoms with van der Waals surface area (Å²) in [5, 5.41) is 4.57. The number of rotatable bonds is 2. The number of aliphatic imine (C=N–C) groups is 1. The molecule has 1 spiro atoms. The Morgan fingerprint density at radius 1 is 1.37 bits per heavy atom. The van der Waals surface area contributed by atoms with Crippen molar-refractivity contribution in [1.29, 1.82) is 0 Å². The number of hydrogen-bond donors (Lipinski definition) is 1. The smallest absolute Gasteiger partial charge is 0.156 e. The molecular weight excluding hydrogens is 254 g/mol. The minimum Gasteiger partial charge on any atom is -0.361 e. The molecule has 1 aromatic rings. The highest BCUT2D eigenvalue weighted by atomic mass is 32.2. The van der Waals surface area contributed by atoms with E-state index in [0.29, 0.717) is 5.41 Å². The lowest BCUT2D eigenvalue weighted by molar-refractivity contribution is 0.358. The molecule has 3 nitrogen and oxygen atoms in total.